The Labute approximate surface area is 113 Å². The Morgan fingerprint density at radius 3 is 2.83 bits per heavy atom. The number of fused-ring (bicyclic) bond motifs is 1. The number of halogens is 1. The van der Waals surface area contributed by atoms with Gasteiger partial charge in [0.1, 0.15) is 0 Å². The van der Waals surface area contributed by atoms with E-state index in [0.29, 0.717) is 6.04 Å². The summed E-state index contributed by atoms with van der Waals surface area (Å²) in [6, 6.07) is 8.21. The van der Waals surface area contributed by atoms with Crippen LogP contribution in [0.5, 0.6) is 0 Å². The molecule has 2 aliphatic heterocycles. The van der Waals surface area contributed by atoms with Crippen molar-refractivity contribution < 1.29 is 5.11 Å². The van der Waals surface area contributed by atoms with E-state index in [2.05, 4.69) is 10.2 Å². The molecule has 0 aliphatic carbocycles. The van der Waals surface area contributed by atoms with Gasteiger partial charge in [-0.1, -0.05) is 11.6 Å². The highest BCUT2D eigenvalue weighted by Gasteiger charge is 2.48. The molecule has 2 N–H and O–H groups in total. The zero-order valence-corrected chi connectivity index (χ0v) is 11.2. The fourth-order valence-corrected chi connectivity index (χ4v) is 3.55. The molecule has 2 fully saturated rings. The fourth-order valence-electron chi connectivity index (χ4n) is 3.42. The third-order valence-electron chi connectivity index (χ3n) is 4.37. The van der Waals surface area contributed by atoms with Crippen LogP contribution >= 0.6 is 11.6 Å². The van der Waals surface area contributed by atoms with Crippen molar-refractivity contribution in [1.29, 1.82) is 0 Å². The first-order valence-corrected chi connectivity index (χ1v) is 7.00. The Morgan fingerprint density at radius 2 is 2.11 bits per heavy atom. The maximum Gasteiger partial charge on any atom is 0.0770 e. The molecule has 1 aromatic carbocycles. The second kappa shape index (κ2) is 4.72. The van der Waals surface area contributed by atoms with E-state index in [0.717, 1.165) is 23.7 Å². The summed E-state index contributed by atoms with van der Waals surface area (Å²) < 4.78 is 0. The summed E-state index contributed by atoms with van der Waals surface area (Å²) in [5.41, 5.74) is 0.867. The average molecular weight is 267 g/mol. The van der Waals surface area contributed by atoms with Crippen molar-refractivity contribution >= 4 is 17.3 Å². The minimum atomic E-state index is -0.176. The van der Waals surface area contributed by atoms with E-state index >= 15 is 0 Å². The molecular weight excluding hydrogens is 248 g/mol. The lowest BCUT2D eigenvalue weighted by molar-refractivity contribution is 0.175. The molecule has 0 bridgehead atoms. The number of rotatable bonds is 3. The number of benzene rings is 1. The van der Waals surface area contributed by atoms with Gasteiger partial charge in [-0.05, 0) is 50.1 Å². The Kier molecular flexibility index (Phi) is 3.22. The van der Waals surface area contributed by atoms with Gasteiger partial charge in [-0.2, -0.15) is 0 Å². The fraction of sp³-hybridized carbons (Fsp3) is 0.571. The molecule has 3 rings (SSSR count). The molecule has 2 atom stereocenters. The van der Waals surface area contributed by atoms with Crippen LogP contribution in [0, 0.1) is 0 Å². The van der Waals surface area contributed by atoms with Gasteiger partial charge < -0.3 is 10.4 Å². The molecule has 2 aliphatic rings. The SMILES string of the molecule is OCC1(Nc2ccc(Cl)cc2)CCN2CCCC21. The average Bonchev–Trinajstić information content (AvgIpc) is 2.96. The lowest BCUT2D eigenvalue weighted by Gasteiger charge is -2.35. The first-order valence-electron chi connectivity index (χ1n) is 6.62. The van der Waals surface area contributed by atoms with Gasteiger partial charge >= 0.3 is 0 Å². The van der Waals surface area contributed by atoms with Crippen molar-refractivity contribution in [3.63, 3.8) is 0 Å². The van der Waals surface area contributed by atoms with Crippen LogP contribution in [0.3, 0.4) is 0 Å². The van der Waals surface area contributed by atoms with Gasteiger partial charge in [0.05, 0.1) is 12.1 Å². The highest BCUT2D eigenvalue weighted by molar-refractivity contribution is 6.30. The predicted molar refractivity (Wildman–Crippen MR) is 74.1 cm³/mol. The summed E-state index contributed by atoms with van der Waals surface area (Å²) in [6.45, 7) is 2.46. The normalized spacial score (nSPS) is 31.6. The summed E-state index contributed by atoms with van der Waals surface area (Å²) in [6.07, 6.45) is 3.44. The van der Waals surface area contributed by atoms with Gasteiger partial charge in [0.15, 0.2) is 0 Å². The molecular formula is C14H19ClN2O. The van der Waals surface area contributed by atoms with Gasteiger partial charge in [0, 0.05) is 23.3 Å². The largest absolute Gasteiger partial charge is 0.394 e. The number of hydrogen-bond donors (Lipinski definition) is 2. The van der Waals surface area contributed by atoms with Gasteiger partial charge in [0.25, 0.3) is 0 Å². The summed E-state index contributed by atoms with van der Waals surface area (Å²) in [5, 5.41) is 14.2. The summed E-state index contributed by atoms with van der Waals surface area (Å²) in [4.78, 5) is 2.50. The second-order valence-electron chi connectivity index (χ2n) is 5.39. The number of hydrogen-bond acceptors (Lipinski definition) is 3. The number of anilines is 1. The molecule has 4 heteroatoms. The summed E-state index contributed by atoms with van der Waals surface area (Å²) in [5.74, 6) is 0. The van der Waals surface area contributed by atoms with Crippen molar-refractivity contribution in [2.24, 2.45) is 0 Å². The molecule has 3 nitrogen and oxygen atoms in total. The van der Waals surface area contributed by atoms with E-state index < -0.39 is 0 Å². The molecule has 2 heterocycles. The summed E-state index contributed by atoms with van der Waals surface area (Å²) >= 11 is 5.90. The Balaban J connectivity index is 1.82. The quantitative estimate of drug-likeness (QED) is 0.882. The van der Waals surface area contributed by atoms with Crippen LogP contribution < -0.4 is 5.32 Å². The molecule has 18 heavy (non-hydrogen) atoms. The van der Waals surface area contributed by atoms with Crippen LogP contribution in [-0.2, 0) is 0 Å². The van der Waals surface area contributed by atoms with Crippen LogP contribution in [0.25, 0.3) is 0 Å². The third-order valence-corrected chi connectivity index (χ3v) is 4.62. The minimum absolute atomic E-state index is 0.176. The Hall–Kier alpha value is -0.770. The van der Waals surface area contributed by atoms with E-state index in [4.69, 9.17) is 11.6 Å². The van der Waals surface area contributed by atoms with E-state index in [1.807, 2.05) is 24.3 Å². The standard InChI is InChI=1S/C14H19ClN2O/c15-11-3-5-12(6-4-11)16-14(10-18)7-9-17-8-1-2-13(14)17/h3-6,13,16,18H,1-2,7-10H2. The third kappa shape index (κ3) is 2.00. The highest BCUT2D eigenvalue weighted by Crippen LogP contribution is 2.38. The number of aliphatic hydroxyl groups is 1. The van der Waals surface area contributed by atoms with Crippen LogP contribution in [0.2, 0.25) is 5.02 Å². The first-order chi connectivity index (χ1) is 8.73. The Morgan fingerprint density at radius 1 is 1.33 bits per heavy atom. The van der Waals surface area contributed by atoms with Crippen LogP contribution in [0.1, 0.15) is 19.3 Å². The topological polar surface area (TPSA) is 35.5 Å². The van der Waals surface area contributed by atoms with Gasteiger partial charge in [-0.25, -0.2) is 0 Å². The molecule has 2 unspecified atom stereocenters. The number of nitrogens with one attached hydrogen (secondary N) is 1. The van der Waals surface area contributed by atoms with Crippen LogP contribution in [-0.4, -0.2) is 41.3 Å². The van der Waals surface area contributed by atoms with Crippen LogP contribution in [0.15, 0.2) is 24.3 Å². The Bertz CT molecular complexity index is 422. The molecule has 0 spiro atoms. The van der Waals surface area contributed by atoms with Crippen molar-refractivity contribution in [2.75, 3.05) is 25.0 Å². The maximum absolute atomic E-state index is 9.86. The van der Waals surface area contributed by atoms with Gasteiger partial charge in [0.2, 0.25) is 0 Å². The van der Waals surface area contributed by atoms with Crippen molar-refractivity contribution in [2.45, 2.75) is 30.8 Å². The van der Waals surface area contributed by atoms with Gasteiger partial charge in [-0.3, -0.25) is 4.90 Å². The molecule has 0 saturated carbocycles. The van der Waals surface area contributed by atoms with E-state index in [1.165, 1.54) is 19.4 Å². The molecule has 2 saturated heterocycles. The number of nitrogens with zero attached hydrogens (tertiary/aromatic N) is 1. The van der Waals surface area contributed by atoms with Gasteiger partial charge in [-0.15, -0.1) is 0 Å². The second-order valence-corrected chi connectivity index (χ2v) is 5.83. The van der Waals surface area contributed by atoms with Crippen molar-refractivity contribution in [1.82, 2.24) is 4.90 Å². The first kappa shape index (κ1) is 12.3. The van der Waals surface area contributed by atoms with E-state index in [9.17, 15) is 5.11 Å². The zero-order chi connectivity index (χ0) is 12.6. The molecule has 1 aromatic rings. The highest BCUT2D eigenvalue weighted by atomic mass is 35.5. The summed E-state index contributed by atoms with van der Waals surface area (Å²) in [7, 11) is 0. The van der Waals surface area contributed by atoms with Crippen molar-refractivity contribution in [3.05, 3.63) is 29.3 Å². The monoisotopic (exact) mass is 266 g/mol. The smallest absolute Gasteiger partial charge is 0.0770 e. The van der Waals surface area contributed by atoms with Crippen molar-refractivity contribution in [3.8, 4) is 0 Å². The lowest BCUT2D eigenvalue weighted by Crippen LogP contribution is -2.50. The molecule has 0 aromatic heterocycles. The molecule has 98 valence electrons. The molecule has 0 radical (unpaired) electrons. The zero-order valence-electron chi connectivity index (χ0n) is 10.4. The predicted octanol–water partition coefficient (Wildman–Crippen LogP) is 2.35. The molecule has 0 amide bonds. The minimum Gasteiger partial charge on any atom is -0.394 e. The van der Waals surface area contributed by atoms with E-state index in [1.54, 1.807) is 0 Å². The number of aliphatic hydroxyl groups excluding tert-OH is 1. The van der Waals surface area contributed by atoms with Crippen LogP contribution in [0.4, 0.5) is 5.69 Å². The van der Waals surface area contributed by atoms with E-state index in [-0.39, 0.29) is 12.1 Å². The lowest BCUT2D eigenvalue weighted by atomic mass is 9.89. The maximum atomic E-state index is 9.86.